The van der Waals surface area contributed by atoms with E-state index in [0.29, 0.717) is 17.1 Å². The van der Waals surface area contributed by atoms with Crippen molar-refractivity contribution >= 4 is 5.69 Å². The van der Waals surface area contributed by atoms with E-state index < -0.39 is 0 Å². The number of nitrogens with two attached hydrogens (primary N) is 1. The van der Waals surface area contributed by atoms with Crippen molar-refractivity contribution in [3.63, 3.8) is 0 Å². The zero-order valence-electron chi connectivity index (χ0n) is 11.6. The molecule has 1 atom stereocenters. The molecule has 0 saturated carbocycles. The molecular weight excluding hydrogens is 250 g/mol. The summed E-state index contributed by atoms with van der Waals surface area (Å²) in [6.45, 7) is 3.89. The van der Waals surface area contributed by atoms with E-state index in [2.05, 4.69) is 11.1 Å². The van der Waals surface area contributed by atoms with Crippen LogP contribution >= 0.6 is 0 Å². The van der Waals surface area contributed by atoms with Gasteiger partial charge in [0.15, 0.2) is 0 Å². The molecule has 4 nitrogen and oxygen atoms in total. The summed E-state index contributed by atoms with van der Waals surface area (Å²) in [4.78, 5) is 4.30. The van der Waals surface area contributed by atoms with Gasteiger partial charge in [0.25, 0.3) is 0 Å². The number of ether oxygens (including phenoxy) is 1. The zero-order chi connectivity index (χ0) is 14.5. The Balaban J connectivity index is 2.31. The van der Waals surface area contributed by atoms with Crippen molar-refractivity contribution in [2.24, 2.45) is 0 Å². The van der Waals surface area contributed by atoms with E-state index in [1.807, 2.05) is 38.1 Å². The maximum absolute atomic E-state index is 9.12. The van der Waals surface area contributed by atoms with E-state index in [-0.39, 0.29) is 6.10 Å². The Morgan fingerprint density at radius 2 is 2.15 bits per heavy atom. The van der Waals surface area contributed by atoms with Gasteiger partial charge in [0.2, 0.25) is 5.88 Å². The Bertz CT molecular complexity index is 646. The van der Waals surface area contributed by atoms with Crippen LogP contribution in [0, 0.1) is 18.3 Å². The van der Waals surface area contributed by atoms with Gasteiger partial charge in [-0.2, -0.15) is 5.26 Å². The van der Waals surface area contributed by atoms with Crippen LogP contribution in [-0.2, 0) is 0 Å². The van der Waals surface area contributed by atoms with Crippen LogP contribution in [0.5, 0.6) is 5.88 Å². The van der Waals surface area contributed by atoms with Gasteiger partial charge in [-0.15, -0.1) is 0 Å². The summed E-state index contributed by atoms with van der Waals surface area (Å²) in [7, 11) is 0. The summed E-state index contributed by atoms with van der Waals surface area (Å²) in [5.74, 6) is 0.377. The van der Waals surface area contributed by atoms with Gasteiger partial charge in [0.1, 0.15) is 17.7 Å². The van der Waals surface area contributed by atoms with Gasteiger partial charge in [-0.05, 0) is 43.2 Å². The van der Waals surface area contributed by atoms with Crippen LogP contribution in [0.3, 0.4) is 0 Å². The van der Waals surface area contributed by atoms with Crippen molar-refractivity contribution in [2.75, 3.05) is 5.73 Å². The van der Waals surface area contributed by atoms with Crippen LogP contribution in [0.4, 0.5) is 5.69 Å². The number of hydrogen-bond acceptors (Lipinski definition) is 4. The molecule has 1 aromatic carbocycles. The molecule has 0 aliphatic carbocycles. The summed E-state index contributed by atoms with van der Waals surface area (Å²) in [5, 5.41) is 9.12. The van der Waals surface area contributed by atoms with Gasteiger partial charge in [0, 0.05) is 11.4 Å². The fourth-order valence-electron chi connectivity index (χ4n) is 1.99. The normalized spacial score (nSPS) is 11.7. The van der Waals surface area contributed by atoms with E-state index in [1.165, 1.54) is 0 Å². The second-order valence-electron chi connectivity index (χ2n) is 4.60. The number of benzene rings is 1. The number of pyridine rings is 1. The van der Waals surface area contributed by atoms with E-state index >= 15 is 0 Å². The first kappa shape index (κ1) is 13.9. The third kappa shape index (κ3) is 3.07. The molecular formula is C16H17N3O. The number of rotatable bonds is 4. The van der Waals surface area contributed by atoms with Crippen LogP contribution in [0.15, 0.2) is 36.4 Å². The quantitative estimate of drug-likeness (QED) is 0.862. The number of nitrogens with zero attached hydrogens (tertiary/aromatic N) is 2. The lowest BCUT2D eigenvalue weighted by atomic mass is 10.1. The lowest BCUT2D eigenvalue weighted by molar-refractivity contribution is 0.192. The zero-order valence-corrected chi connectivity index (χ0v) is 11.6. The largest absolute Gasteiger partial charge is 0.469 e. The molecule has 102 valence electrons. The molecule has 2 N–H and O–H groups in total. The fourth-order valence-corrected chi connectivity index (χ4v) is 1.99. The average molecular weight is 267 g/mol. The van der Waals surface area contributed by atoms with Gasteiger partial charge in [-0.3, -0.25) is 0 Å². The highest BCUT2D eigenvalue weighted by molar-refractivity contribution is 5.42. The van der Waals surface area contributed by atoms with Crippen molar-refractivity contribution in [3.05, 3.63) is 53.2 Å². The molecule has 1 heterocycles. The molecule has 0 spiro atoms. The maximum atomic E-state index is 9.12. The molecule has 2 aromatic rings. The topological polar surface area (TPSA) is 71.9 Å². The number of aromatic nitrogens is 1. The summed E-state index contributed by atoms with van der Waals surface area (Å²) in [6, 6.07) is 13.2. The highest BCUT2D eigenvalue weighted by Gasteiger charge is 2.15. The standard InChI is InChI=1S/C16H17N3O/c1-3-15(12-5-4-6-14(18)9-12)20-16-13(10-17)8-7-11(2)19-16/h4-9,15H,3,18H2,1-2H3. The molecule has 0 radical (unpaired) electrons. The van der Waals surface area contributed by atoms with Crippen LogP contribution in [0.1, 0.15) is 36.3 Å². The first-order chi connectivity index (χ1) is 9.63. The number of nitriles is 1. The average Bonchev–Trinajstić information content (AvgIpc) is 2.45. The second-order valence-corrected chi connectivity index (χ2v) is 4.60. The Labute approximate surface area is 118 Å². The molecule has 0 aliphatic heterocycles. The molecule has 4 heteroatoms. The highest BCUT2D eigenvalue weighted by Crippen LogP contribution is 2.27. The first-order valence-corrected chi connectivity index (χ1v) is 6.54. The molecule has 0 amide bonds. The van der Waals surface area contributed by atoms with Crippen LogP contribution in [0.2, 0.25) is 0 Å². The molecule has 0 saturated heterocycles. The molecule has 1 aromatic heterocycles. The Morgan fingerprint density at radius 1 is 1.35 bits per heavy atom. The summed E-state index contributed by atoms with van der Waals surface area (Å²) in [5.41, 5.74) is 8.75. The van der Waals surface area contributed by atoms with E-state index in [9.17, 15) is 0 Å². The monoisotopic (exact) mass is 267 g/mol. The summed E-state index contributed by atoms with van der Waals surface area (Å²) >= 11 is 0. The number of nitrogen functional groups attached to an aromatic ring is 1. The third-order valence-electron chi connectivity index (χ3n) is 3.03. The minimum Gasteiger partial charge on any atom is -0.469 e. The van der Waals surface area contributed by atoms with E-state index in [0.717, 1.165) is 17.7 Å². The smallest absolute Gasteiger partial charge is 0.232 e. The van der Waals surface area contributed by atoms with E-state index in [1.54, 1.807) is 12.1 Å². The maximum Gasteiger partial charge on any atom is 0.232 e. The summed E-state index contributed by atoms with van der Waals surface area (Å²) in [6.07, 6.45) is 0.601. The van der Waals surface area contributed by atoms with Crippen LogP contribution < -0.4 is 10.5 Å². The lowest BCUT2D eigenvalue weighted by Crippen LogP contribution is -2.09. The van der Waals surface area contributed by atoms with Crippen molar-refractivity contribution < 1.29 is 4.74 Å². The Morgan fingerprint density at radius 3 is 2.80 bits per heavy atom. The van der Waals surface area contributed by atoms with Crippen molar-refractivity contribution in [2.45, 2.75) is 26.4 Å². The first-order valence-electron chi connectivity index (χ1n) is 6.54. The van der Waals surface area contributed by atoms with Crippen molar-refractivity contribution in [3.8, 4) is 11.9 Å². The van der Waals surface area contributed by atoms with E-state index in [4.69, 9.17) is 15.7 Å². The molecule has 20 heavy (non-hydrogen) atoms. The number of aryl methyl sites for hydroxylation is 1. The van der Waals surface area contributed by atoms with Crippen LogP contribution in [0.25, 0.3) is 0 Å². The van der Waals surface area contributed by atoms with Gasteiger partial charge >= 0.3 is 0 Å². The fraction of sp³-hybridized carbons (Fsp3) is 0.250. The third-order valence-corrected chi connectivity index (χ3v) is 3.03. The van der Waals surface area contributed by atoms with Gasteiger partial charge in [0.05, 0.1) is 0 Å². The van der Waals surface area contributed by atoms with Gasteiger partial charge < -0.3 is 10.5 Å². The van der Waals surface area contributed by atoms with Gasteiger partial charge in [-0.1, -0.05) is 19.1 Å². The molecule has 2 rings (SSSR count). The molecule has 0 bridgehead atoms. The Hall–Kier alpha value is -2.54. The van der Waals surface area contributed by atoms with Crippen LogP contribution in [-0.4, -0.2) is 4.98 Å². The molecule has 1 unspecified atom stereocenters. The summed E-state index contributed by atoms with van der Waals surface area (Å²) < 4.78 is 5.92. The molecule has 0 fully saturated rings. The van der Waals surface area contributed by atoms with Gasteiger partial charge in [-0.25, -0.2) is 4.98 Å². The van der Waals surface area contributed by atoms with Crippen molar-refractivity contribution in [1.82, 2.24) is 4.98 Å². The number of hydrogen-bond donors (Lipinski definition) is 1. The SMILES string of the molecule is CCC(Oc1nc(C)ccc1C#N)c1cccc(N)c1. The minimum atomic E-state index is -0.167. The minimum absolute atomic E-state index is 0.167. The predicted octanol–water partition coefficient (Wildman–Crippen LogP) is 3.37. The number of anilines is 1. The molecule has 0 aliphatic rings. The second kappa shape index (κ2) is 6.07. The highest BCUT2D eigenvalue weighted by atomic mass is 16.5. The van der Waals surface area contributed by atoms with Crippen molar-refractivity contribution in [1.29, 1.82) is 5.26 Å². The predicted molar refractivity (Wildman–Crippen MR) is 78.2 cm³/mol. The Kier molecular flexibility index (Phi) is 4.21. The lowest BCUT2D eigenvalue weighted by Gasteiger charge is -2.18.